The topological polar surface area (TPSA) is 48.4 Å². The van der Waals surface area contributed by atoms with Crippen LogP contribution >= 0.6 is 11.6 Å². The van der Waals surface area contributed by atoms with Gasteiger partial charge in [-0.2, -0.15) is 0 Å². The van der Waals surface area contributed by atoms with Crippen LogP contribution in [0.3, 0.4) is 0 Å². The van der Waals surface area contributed by atoms with E-state index in [0.29, 0.717) is 0 Å². The standard InChI is InChI=1S/C9H9ClFNO3/c1-2-14-8(13)5-15-6-3-7(11)9(10)12-4-6/h3-4H,2,5H2,1H3. The fraction of sp³-hybridized carbons (Fsp3) is 0.333. The monoisotopic (exact) mass is 233 g/mol. The van der Waals surface area contributed by atoms with Crippen LogP contribution in [0.25, 0.3) is 0 Å². The SMILES string of the molecule is CCOC(=O)COc1cnc(Cl)c(F)c1. The average Bonchev–Trinajstić information content (AvgIpc) is 2.20. The number of aromatic nitrogens is 1. The van der Waals surface area contributed by atoms with Crippen LogP contribution in [0.15, 0.2) is 12.3 Å². The van der Waals surface area contributed by atoms with Crippen LogP contribution in [0.4, 0.5) is 4.39 Å². The van der Waals surface area contributed by atoms with Crippen molar-refractivity contribution in [1.82, 2.24) is 4.98 Å². The van der Waals surface area contributed by atoms with Gasteiger partial charge in [0.05, 0.1) is 12.8 Å². The summed E-state index contributed by atoms with van der Waals surface area (Å²) in [6.45, 7) is 1.67. The molecule has 0 aliphatic rings. The summed E-state index contributed by atoms with van der Waals surface area (Å²) in [4.78, 5) is 14.4. The maximum atomic E-state index is 12.9. The number of pyridine rings is 1. The number of carbonyl (C=O) groups is 1. The summed E-state index contributed by atoms with van der Waals surface area (Å²) in [6.07, 6.45) is 1.23. The Morgan fingerprint density at radius 1 is 1.67 bits per heavy atom. The van der Waals surface area contributed by atoms with E-state index < -0.39 is 11.8 Å². The highest BCUT2D eigenvalue weighted by Gasteiger charge is 2.06. The number of halogens is 2. The van der Waals surface area contributed by atoms with E-state index in [2.05, 4.69) is 9.72 Å². The molecule has 0 radical (unpaired) electrons. The molecule has 0 aromatic carbocycles. The lowest BCUT2D eigenvalue weighted by atomic mass is 10.4. The predicted molar refractivity (Wildman–Crippen MR) is 51.3 cm³/mol. The Balaban J connectivity index is 2.51. The van der Waals surface area contributed by atoms with Gasteiger partial charge in [0, 0.05) is 6.07 Å². The molecule has 0 aliphatic carbocycles. The highest BCUT2D eigenvalue weighted by Crippen LogP contribution is 2.16. The van der Waals surface area contributed by atoms with Crippen LogP contribution in [-0.2, 0) is 9.53 Å². The lowest BCUT2D eigenvalue weighted by molar-refractivity contribution is -0.145. The van der Waals surface area contributed by atoms with Crippen molar-refractivity contribution in [2.75, 3.05) is 13.2 Å². The van der Waals surface area contributed by atoms with E-state index in [1.807, 2.05) is 0 Å². The molecule has 0 saturated carbocycles. The Bertz CT molecular complexity index is 359. The maximum Gasteiger partial charge on any atom is 0.344 e. The summed E-state index contributed by atoms with van der Waals surface area (Å²) in [7, 11) is 0. The van der Waals surface area contributed by atoms with E-state index in [4.69, 9.17) is 16.3 Å². The third-order valence-corrected chi connectivity index (χ3v) is 1.71. The second-order valence-electron chi connectivity index (χ2n) is 2.54. The molecule has 0 amide bonds. The first kappa shape index (κ1) is 11.7. The van der Waals surface area contributed by atoms with Gasteiger partial charge in [-0.05, 0) is 6.92 Å². The van der Waals surface area contributed by atoms with E-state index in [9.17, 15) is 9.18 Å². The van der Waals surface area contributed by atoms with Crippen LogP contribution in [-0.4, -0.2) is 24.2 Å². The Morgan fingerprint density at radius 3 is 3.00 bits per heavy atom. The van der Waals surface area contributed by atoms with E-state index in [-0.39, 0.29) is 24.1 Å². The molecule has 0 N–H and O–H groups in total. The number of carbonyl (C=O) groups excluding carboxylic acids is 1. The number of ether oxygens (including phenoxy) is 2. The lowest BCUT2D eigenvalue weighted by Gasteiger charge is -2.05. The van der Waals surface area contributed by atoms with Crippen molar-refractivity contribution in [2.24, 2.45) is 0 Å². The molecule has 1 aromatic rings. The van der Waals surface area contributed by atoms with Crippen molar-refractivity contribution in [2.45, 2.75) is 6.92 Å². The number of rotatable bonds is 4. The van der Waals surface area contributed by atoms with Crippen molar-refractivity contribution < 1.29 is 18.7 Å². The second kappa shape index (κ2) is 5.50. The van der Waals surface area contributed by atoms with E-state index >= 15 is 0 Å². The number of hydrogen-bond donors (Lipinski definition) is 0. The molecule has 1 rings (SSSR count). The predicted octanol–water partition coefficient (Wildman–Crippen LogP) is 1.82. The summed E-state index contributed by atoms with van der Waals surface area (Å²) in [6, 6.07) is 1.05. The molecular formula is C9H9ClFNO3. The first-order valence-corrected chi connectivity index (χ1v) is 4.60. The number of esters is 1. The summed E-state index contributed by atoms with van der Waals surface area (Å²) in [5, 5.41) is -0.238. The van der Waals surface area contributed by atoms with Gasteiger partial charge in [-0.25, -0.2) is 14.2 Å². The summed E-state index contributed by atoms with van der Waals surface area (Å²) >= 11 is 5.36. The highest BCUT2D eigenvalue weighted by molar-refractivity contribution is 6.29. The smallest absolute Gasteiger partial charge is 0.344 e. The molecule has 0 fully saturated rings. The van der Waals surface area contributed by atoms with E-state index in [0.717, 1.165) is 6.07 Å². The fourth-order valence-electron chi connectivity index (χ4n) is 0.828. The molecule has 0 saturated heterocycles. The molecule has 6 heteroatoms. The molecule has 0 spiro atoms. The van der Waals surface area contributed by atoms with E-state index in [1.54, 1.807) is 6.92 Å². The largest absolute Gasteiger partial charge is 0.480 e. The molecule has 0 atom stereocenters. The normalized spacial score (nSPS) is 9.80. The molecule has 0 aliphatic heterocycles. The molecule has 4 nitrogen and oxygen atoms in total. The van der Waals surface area contributed by atoms with Crippen LogP contribution in [0.5, 0.6) is 5.75 Å². The Hall–Kier alpha value is -1.36. The molecular weight excluding hydrogens is 225 g/mol. The second-order valence-corrected chi connectivity index (χ2v) is 2.90. The molecule has 0 bridgehead atoms. The van der Waals surface area contributed by atoms with Crippen molar-refractivity contribution in [3.8, 4) is 5.75 Å². The molecule has 1 aromatic heterocycles. The van der Waals surface area contributed by atoms with Gasteiger partial charge in [0.25, 0.3) is 0 Å². The Labute approximate surface area is 91.0 Å². The minimum Gasteiger partial charge on any atom is -0.480 e. The zero-order chi connectivity index (χ0) is 11.3. The first-order chi connectivity index (χ1) is 7.13. The van der Waals surface area contributed by atoms with Crippen molar-refractivity contribution >= 4 is 17.6 Å². The summed E-state index contributed by atoms with van der Waals surface area (Å²) in [5.74, 6) is -1.09. The third-order valence-electron chi connectivity index (χ3n) is 1.43. The zero-order valence-electron chi connectivity index (χ0n) is 8.00. The van der Waals surface area contributed by atoms with Gasteiger partial charge >= 0.3 is 5.97 Å². The summed E-state index contributed by atoms with van der Waals surface area (Å²) < 4.78 is 22.4. The van der Waals surface area contributed by atoms with Gasteiger partial charge in [0.1, 0.15) is 5.75 Å². The van der Waals surface area contributed by atoms with Crippen molar-refractivity contribution in [3.05, 3.63) is 23.2 Å². The van der Waals surface area contributed by atoms with Gasteiger partial charge in [-0.15, -0.1) is 0 Å². The average molecular weight is 234 g/mol. The van der Waals surface area contributed by atoms with Crippen LogP contribution in [0.1, 0.15) is 6.92 Å². The lowest BCUT2D eigenvalue weighted by Crippen LogP contribution is -2.14. The van der Waals surface area contributed by atoms with Crippen LogP contribution < -0.4 is 4.74 Å². The van der Waals surface area contributed by atoms with Gasteiger partial charge in [-0.3, -0.25) is 0 Å². The van der Waals surface area contributed by atoms with Crippen LogP contribution in [0.2, 0.25) is 5.15 Å². The van der Waals surface area contributed by atoms with Crippen LogP contribution in [0, 0.1) is 5.82 Å². The van der Waals surface area contributed by atoms with Gasteiger partial charge in [0.2, 0.25) is 0 Å². The Kier molecular flexibility index (Phi) is 4.30. The third kappa shape index (κ3) is 3.71. The highest BCUT2D eigenvalue weighted by atomic mass is 35.5. The maximum absolute atomic E-state index is 12.9. The molecule has 0 unspecified atom stereocenters. The fourth-order valence-corrected chi connectivity index (χ4v) is 0.931. The van der Waals surface area contributed by atoms with Crippen molar-refractivity contribution in [3.63, 3.8) is 0 Å². The molecule has 82 valence electrons. The molecule has 15 heavy (non-hydrogen) atoms. The van der Waals surface area contributed by atoms with E-state index in [1.165, 1.54) is 6.20 Å². The Morgan fingerprint density at radius 2 is 2.40 bits per heavy atom. The summed E-state index contributed by atoms with van der Waals surface area (Å²) in [5.41, 5.74) is 0. The first-order valence-electron chi connectivity index (χ1n) is 4.23. The number of hydrogen-bond acceptors (Lipinski definition) is 4. The number of nitrogens with zero attached hydrogens (tertiary/aromatic N) is 1. The van der Waals surface area contributed by atoms with Gasteiger partial charge < -0.3 is 9.47 Å². The zero-order valence-corrected chi connectivity index (χ0v) is 8.75. The van der Waals surface area contributed by atoms with Gasteiger partial charge in [0.15, 0.2) is 17.6 Å². The molecule has 1 heterocycles. The minimum absolute atomic E-state index is 0.130. The quantitative estimate of drug-likeness (QED) is 0.588. The van der Waals surface area contributed by atoms with Gasteiger partial charge in [-0.1, -0.05) is 11.6 Å². The minimum atomic E-state index is -0.696. The van der Waals surface area contributed by atoms with Crippen molar-refractivity contribution in [1.29, 1.82) is 0 Å².